The molecule has 0 aliphatic carbocycles. The van der Waals surface area contributed by atoms with Crippen molar-refractivity contribution in [1.82, 2.24) is 9.80 Å². The number of rotatable bonds is 7. The second kappa shape index (κ2) is 7.88. The highest BCUT2D eigenvalue weighted by Gasteiger charge is 2.36. The average Bonchev–Trinajstić information content (AvgIpc) is 2.75. The zero-order valence-corrected chi connectivity index (χ0v) is 15.3. The van der Waals surface area contributed by atoms with Crippen LogP contribution in [0.4, 0.5) is 0 Å². The summed E-state index contributed by atoms with van der Waals surface area (Å²) in [5, 5.41) is 0.617. The summed E-state index contributed by atoms with van der Waals surface area (Å²) in [6.07, 6.45) is 0.504. The molecule has 0 radical (unpaired) electrons. The molecule has 1 aliphatic heterocycles. The molecule has 132 valence electrons. The maximum absolute atomic E-state index is 12.4. The minimum atomic E-state index is -0.0515. The van der Waals surface area contributed by atoms with E-state index in [0.29, 0.717) is 43.4 Å². The normalized spacial score (nSPS) is 16.3. The molecule has 0 saturated carbocycles. The number of hydrogen-bond acceptors (Lipinski definition) is 3. The van der Waals surface area contributed by atoms with Gasteiger partial charge in [0.15, 0.2) is 0 Å². The topological polar surface area (TPSA) is 49.9 Å². The van der Waals surface area contributed by atoms with Gasteiger partial charge in [0.1, 0.15) is 12.4 Å². The van der Waals surface area contributed by atoms with E-state index >= 15 is 0 Å². The Hall–Kier alpha value is -1.75. The van der Waals surface area contributed by atoms with Crippen LogP contribution in [0.2, 0.25) is 5.02 Å². The summed E-state index contributed by atoms with van der Waals surface area (Å²) in [6, 6.07) is 7.17. The fourth-order valence-corrected chi connectivity index (χ4v) is 3.06. The lowest BCUT2D eigenvalue weighted by Gasteiger charge is -2.25. The first kappa shape index (κ1) is 18.6. The standard InChI is InChI=1S/C18H25ClN2O3/c1-4-20(8-9-24-15-7-5-6-14(19)10-15)17(23)12-21-13-18(2,3)11-16(21)22/h5-7,10H,4,8-9,11-13H2,1-3H3. The Kier molecular flexibility index (Phi) is 6.10. The molecule has 0 aromatic heterocycles. The Balaban J connectivity index is 1.82. The molecule has 2 rings (SSSR count). The number of likely N-dealkylation sites (N-methyl/N-ethyl adjacent to an activating group) is 1. The van der Waals surface area contributed by atoms with Crippen LogP contribution < -0.4 is 4.74 Å². The van der Waals surface area contributed by atoms with Crippen molar-refractivity contribution in [1.29, 1.82) is 0 Å². The molecule has 0 N–H and O–H groups in total. The summed E-state index contributed by atoms with van der Waals surface area (Å²) in [4.78, 5) is 27.8. The molecule has 0 unspecified atom stereocenters. The first-order valence-corrected chi connectivity index (χ1v) is 8.62. The second-order valence-electron chi connectivity index (χ2n) is 6.87. The van der Waals surface area contributed by atoms with Crippen molar-refractivity contribution in [2.24, 2.45) is 5.41 Å². The zero-order valence-electron chi connectivity index (χ0n) is 14.5. The quantitative estimate of drug-likeness (QED) is 0.758. The first-order chi connectivity index (χ1) is 11.3. The van der Waals surface area contributed by atoms with E-state index in [2.05, 4.69) is 0 Å². The number of ether oxygens (including phenoxy) is 1. The van der Waals surface area contributed by atoms with Gasteiger partial charge in [-0.1, -0.05) is 31.5 Å². The number of carbonyl (C=O) groups excluding carboxylic acids is 2. The number of likely N-dealkylation sites (tertiary alicyclic amines) is 1. The minimum absolute atomic E-state index is 0.0433. The van der Waals surface area contributed by atoms with E-state index in [1.807, 2.05) is 32.9 Å². The van der Waals surface area contributed by atoms with Gasteiger partial charge in [0, 0.05) is 24.5 Å². The van der Waals surface area contributed by atoms with Crippen molar-refractivity contribution in [2.45, 2.75) is 27.2 Å². The van der Waals surface area contributed by atoms with Crippen molar-refractivity contribution in [3.8, 4) is 5.75 Å². The van der Waals surface area contributed by atoms with Crippen LogP contribution in [0.3, 0.4) is 0 Å². The lowest BCUT2D eigenvalue weighted by atomic mass is 9.93. The lowest BCUT2D eigenvalue weighted by molar-refractivity contribution is -0.138. The molecule has 1 saturated heterocycles. The maximum Gasteiger partial charge on any atom is 0.242 e. The van der Waals surface area contributed by atoms with Crippen LogP contribution in [0, 0.1) is 5.41 Å². The summed E-state index contributed by atoms with van der Waals surface area (Å²) in [5.41, 5.74) is -0.0515. The summed E-state index contributed by atoms with van der Waals surface area (Å²) in [5.74, 6) is 0.695. The number of amides is 2. The molecular formula is C18H25ClN2O3. The molecule has 1 fully saturated rings. The fraction of sp³-hybridized carbons (Fsp3) is 0.556. The molecule has 0 atom stereocenters. The third-order valence-corrected chi connectivity index (χ3v) is 4.32. The molecule has 0 bridgehead atoms. The molecule has 1 aromatic rings. The molecule has 24 heavy (non-hydrogen) atoms. The van der Waals surface area contributed by atoms with Crippen molar-refractivity contribution in [2.75, 3.05) is 32.8 Å². The monoisotopic (exact) mass is 352 g/mol. The average molecular weight is 353 g/mol. The van der Waals surface area contributed by atoms with Gasteiger partial charge in [0.05, 0.1) is 13.1 Å². The summed E-state index contributed by atoms with van der Waals surface area (Å²) in [7, 11) is 0. The predicted octanol–water partition coefficient (Wildman–Crippen LogP) is 2.83. The van der Waals surface area contributed by atoms with Crippen LogP contribution in [-0.2, 0) is 9.59 Å². The first-order valence-electron chi connectivity index (χ1n) is 8.24. The molecular weight excluding hydrogens is 328 g/mol. The van der Waals surface area contributed by atoms with E-state index in [-0.39, 0.29) is 23.8 Å². The second-order valence-corrected chi connectivity index (χ2v) is 7.31. The van der Waals surface area contributed by atoms with Crippen LogP contribution in [0.25, 0.3) is 0 Å². The van der Waals surface area contributed by atoms with Gasteiger partial charge >= 0.3 is 0 Å². The Morgan fingerprint density at radius 1 is 1.42 bits per heavy atom. The van der Waals surface area contributed by atoms with Gasteiger partial charge in [0.2, 0.25) is 11.8 Å². The summed E-state index contributed by atoms with van der Waals surface area (Å²) >= 11 is 5.91. The maximum atomic E-state index is 12.4. The SMILES string of the molecule is CCN(CCOc1cccc(Cl)c1)C(=O)CN1CC(C)(C)CC1=O. The highest BCUT2D eigenvalue weighted by Crippen LogP contribution is 2.29. The third kappa shape index (κ3) is 5.13. The fourth-order valence-electron chi connectivity index (χ4n) is 2.88. The number of benzene rings is 1. The van der Waals surface area contributed by atoms with Gasteiger partial charge in [0.25, 0.3) is 0 Å². The van der Waals surface area contributed by atoms with Crippen molar-refractivity contribution >= 4 is 23.4 Å². The minimum Gasteiger partial charge on any atom is -0.492 e. The van der Waals surface area contributed by atoms with Gasteiger partial charge in [-0.15, -0.1) is 0 Å². The number of hydrogen-bond donors (Lipinski definition) is 0. The highest BCUT2D eigenvalue weighted by atomic mass is 35.5. The van der Waals surface area contributed by atoms with E-state index < -0.39 is 0 Å². The van der Waals surface area contributed by atoms with E-state index in [9.17, 15) is 9.59 Å². The zero-order chi connectivity index (χ0) is 17.7. The Labute approximate surface area is 148 Å². The summed E-state index contributed by atoms with van der Waals surface area (Å²) in [6.45, 7) is 8.25. The Bertz CT molecular complexity index is 604. The van der Waals surface area contributed by atoms with Crippen LogP contribution >= 0.6 is 11.6 Å². The largest absolute Gasteiger partial charge is 0.492 e. The molecule has 6 heteroatoms. The number of halogens is 1. The van der Waals surface area contributed by atoms with E-state index in [1.54, 1.807) is 21.9 Å². The lowest BCUT2D eigenvalue weighted by Crippen LogP contribution is -2.42. The molecule has 5 nitrogen and oxygen atoms in total. The molecule has 2 amide bonds. The van der Waals surface area contributed by atoms with E-state index in [4.69, 9.17) is 16.3 Å². The smallest absolute Gasteiger partial charge is 0.242 e. The van der Waals surface area contributed by atoms with Gasteiger partial charge < -0.3 is 14.5 Å². The summed E-state index contributed by atoms with van der Waals surface area (Å²) < 4.78 is 5.63. The van der Waals surface area contributed by atoms with Gasteiger partial charge in [-0.25, -0.2) is 0 Å². The van der Waals surface area contributed by atoms with Crippen molar-refractivity contribution in [3.63, 3.8) is 0 Å². The third-order valence-electron chi connectivity index (χ3n) is 4.09. The molecule has 0 spiro atoms. The van der Waals surface area contributed by atoms with E-state index in [1.165, 1.54) is 0 Å². The van der Waals surface area contributed by atoms with Gasteiger partial charge in [-0.2, -0.15) is 0 Å². The van der Waals surface area contributed by atoms with Crippen LogP contribution in [0.5, 0.6) is 5.75 Å². The Morgan fingerprint density at radius 2 is 2.17 bits per heavy atom. The molecule has 1 aromatic carbocycles. The van der Waals surface area contributed by atoms with Crippen LogP contribution in [0.15, 0.2) is 24.3 Å². The number of carbonyl (C=O) groups is 2. The van der Waals surface area contributed by atoms with Gasteiger partial charge in [-0.3, -0.25) is 9.59 Å². The van der Waals surface area contributed by atoms with Gasteiger partial charge in [-0.05, 0) is 30.5 Å². The van der Waals surface area contributed by atoms with Crippen LogP contribution in [0.1, 0.15) is 27.2 Å². The van der Waals surface area contributed by atoms with Crippen molar-refractivity contribution in [3.05, 3.63) is 29.3 Å². The molecule has 1 aliphatic rings. The van der Waals surface area contributed by atoms with Crippen molar-refractivity contribution < 1.29 is 14.3 Å². The Morgan fingerprint density at radius 3 is 2.75 bits per heavy atom. The highest BCUT2D eigenvalue weighted by molar-refractivity contribution is 6.30. The van der Waals surface area contributed by atoms with Crippen LogP contribution in [-0.4, -0.2) is 54.4 Å². The number of nitrogens with zero attached hydrogens (tertiary/aromatic N) is 2. The predicted molar refractivity (Wildman–Crippen MR) is 94.2 cm³/mol. The van der Waals surface area contributed by atoms with E-state index in [0.717, 1.165) is 0 Å². The molecule has 1 heterocycles.